The number of rotatable bonds is 5. The summed E-state index contributed by atoms with van der Waals surface area (Å²) in [6.45, 7) is 4.13. The summed E-state index contributed by atoms with van der Waals surface area (Å²) in [6, 6.07) is 11.4. The molecule has 1 saturated heterocycles. The van der Waals surface area contributed by atoms with Gasteiger partial charge in [-0.05, 0) is 68.2 Å². The molecule has 1 aliphatic heterocycles. The molecule has 0 saturated carbocycles. The van der Waals surface area contributed by atoms with E-state index in [0.717, 1.165) is 43.3 Å². The Morgan fingerprint density at radius 3 is 2.56 bits per heavy atom. The monoisotopic (exact) mass is 404 g/mol. The van der Waals surface area contributed by atoms with Gasteiger partial charge in [0.2, 0.25) is 0 Å². The molecule has 0 aliphatic carbocycles. The van der Waals surface area contributed by atoms with Crippen LogP contribution in [0.1, 0.15) is 18.4 Å². The second kappa shape index (κ2) is 8.07. The summed E-state index contributed by atoms with van der Waals surface area (Å²) in [6.07, 6.45) is 2.48. The van der Waals surface area contributed by atoms with Crippen molar-refractivity contribution in [3.8, 4) is 11.7 Å². The van der Waals surface area contributed by atoms with Crippen molar-refractivity contribution < 1.29 is 5.11 Å². The molecule has 1 aliphatic rings. The molecule has 0 bridgehead atoms. The van der Waals surface area contributed by atoms with Crippen molar-refractivity contribution in [2.75, 3.05) is 19.6 Å². The number of halogens is 2. The molecule has 0 amide bonds. The first-order valence-electron chi connectivity index (χ1n) is 9.19. The zero-order chi connectivity index (χ0) is 18.8. The van der Waals surface area contributed by atoms with Gasteiger partial charge in [-0.15, -0.1) is 0 Å². The fourth-order valence-electron chi connectivity index (χ4n) is 3.58. The van der Waals surface area contributed by atoms with Crippen LogP contribution >= 0.6 is 23.2 Å². The maximum atomic E-state index is 10.3. The Morgan fingerprint density at radius 1 is 1.11 bits per heavy atom. The molecular weight excluding hydrogens is 383 g/mol. The largest absolute Gasteiger partial charge is 0.480 e. The van der Waals surface area contributed by atoms with Crippen molar-refractivity contribution in [1.29, 1.82) is 0 Å². The first kappa shape index (κ1) is 18.6. The van der Waals surface area contributed by atoms with Gasteiger partial charge in [-0.1, -0.05) is 35.3 Å². The summed E-state index contributed by atoms with van der Waals surface area (Å²) in [5.74, 6) is 0.761. The molecule has 4 rings (SSSR count). The average molecular weight is 405 g/mol. The number of nitrogens with one attached hydrogen (secondary N) is 2. The summed E-state index contributed by atoms with van der Waals surface area (Å²) in [5.41, 5.74) is 3.36. The van der Waals surface area contributed by atoms with Gasteiger partial charge in [0.1, 0.15) is 0 Å². The molecular formula is C20H22Cl2N4O. The van der Waals surface area contributed by atoms with E-state index in [1.165, 1.54) is 18.4 Å². The number of piperidine rings is 1. The van der Waals surface area contributed by atoms with Crippen molar-refractivity contribution in [2.24, 2.45) is 5.92 Å². The van der Waals surface area contributed by atoms with Crippen LogP contribution in [0.3, 0.4) is 0 Å². The van der Waals surface area contributed by atoms with E-state index in [-0.39, 0.29) is 6.01 Å². The van der Waals surface area contributed by atoms with Gasteiger partial charge in [-0.3, -0.25) is 4.57 Å². The van der Waals surface area contributed by atoms with E-state index in [1.54, 1.807) is 16.7 Å². The smallest absolute Gasteiger partial charge is 0.299 e. The maximum Gasteiger partial charge on any atom is 0.299 e. The Morgan fingerprint density at radius 2 is 1.81 bits per heavy atom. The normalized spacial score (nSPS) is 15.5. The maximum absolute atomic E-state index is 10.3. The minimum Gasteiger partial charge on any atom is -0.480 e. The quantitative estimate of drug-likeness (QED) is 0.598. The number of aromatic hydroxyl groups is 1. The lowest BCUT2D eigenvalue weighted by Crippen LogP contribution is -2.33. The minimum atomic E-state index is -0.0832. The molecule has 3 N–H and O–H groups in total. The first-order valence-corrected chi connectivity index (χ1v) is 9.94. The summed E-state index contributed by atoms with van der Waals surface area (Å²) in [7, 11) is 0. The number of nitrogens with zero attached hydrogens (tertiary/aromatic N) is 2. The molecule has 0 spiro atoms. The standard InChI is InChI=1S/C20H22Cl2N4O/c21-16-9-18-19(10-17(16)22)26(20(27)25-18)15-3-1-13(2-4-15)11-24-12-14-5-7-23-8-6-14/h1-4,9-10,14,23-24H,5-8,11-12H2,(H,25,27). The number of fused-ring (bicyclic) bond motifs is 1. The fourth-order valence-corrected chi connectivity index (χ4v) is 3.90. The van der Waals surface area contributed by atoms with Crippen LogP contribution in [0.2, 0.25) is 10.0 Å². The molecule has 0 atom stereocenters. The molecule has 1 fully saturated rings. The first-order chi connectivity index (χ1) is 13.1. The van der Waals surface area contributed by atoms with Crippen LogP contribution < -0.4 is 10.6 Å². The molecule has 0 radical (unpaired) electrons. The van der Waals surface area contributed by atoms with Crippen molar-refractivity contribution >= 4 is 34.2 Å². The third-order valence-corrected chi connectivity index (χ3v) is 5.82. The lowest BCUT2D eigenvalue weighted by Gasteiger charge is -2.22. The summed E-state index contributed by atoms with van der Waals surface area (Å²) in [5, 5.41) is 18.1. The molecule has 5 nitrogen and oxygen atoms in total. The summed E-state index contributed by atoms with van der Waals surface area (Å²) < 4.78 is 1.67. The molecule has 1 aromatic heterocycles. The molecule has 0 unspecified atom stereocenters. The topological polar surface area (TPSA) is 62.1 Å². The summed E-state index contributed by atoms with van der Waals surface area (Å²) in [4.78, 5) is 4.17. The van der Waals surface area contributed by atoms with Crippen LogP contribution in [0, 0.1) is 5.92 Å². The second-order valence-corrected chi connectivity index (χ2v) is 7.81. The lowest BCUT2D eigenvalue weighted by atomic mass is 9.98. The highest BCUT2D eigenvalue weighted by Gasteiger charge is 2.14. The average Bonchev–Trinajstić information content (AvgIpc) is 2.98. The highest BCUT2D eigenvalue weighted by Crippen LogP contribution is 2.32. The van der Waals surface area contributed by atoms with Crippen LogP contribution in [0.5, 0.6) is 6.01 Å². The van der Waals surface area contributed by atoms with E-state index in [1.807, 2.05) is 12.1 Å². The minimum absolute atomic E-state index is 0.0832. The Labute approximate surface area is 168 Å². The number of benzene rings is 2. The zero-order valence-corrected chi connectivity index (χ0v) is 16.4. The number of imidazole rings is 1. The lowest BCUT2D eigenvalue weighted by molar-refractivity contribution is 0.356. The van der Waals surface area contributed by atoms with Crippen LogP contribution in [-0.2, 0) is 6.54 Å². The Kier molecular flexibility index (Phi) is 5.55. The molecule has 2 heterocycles. The van der Waals surface area contributed by atoms with Crippen molar-refractivity contribution in [2.45, 2.75) is 19.4 Å². The van der Waals surface area contributed by atoms with E-state index in [9.17, 15) is 5.11 Å². The van der Waals surface area contributed by atoms with Crippen molar-refractivity contribution in [1.82, 2.24) is 20.2 Å². The van der Waals surface area contributed by atoms with Crippen LogP contribution in [0.15, 0.2) is 36.4 Å². The van der Waals surface area contributed by atoms with Crippen LogP contribution in [0.4, 0.5) is 0 Å². The predicted molar refractivity (Wildman–Crippen MR) is 110 cm³/mol. The fraction of sp³-hybridized carbons (Fsp3) is 0.350. The van der Waals surface area contributed by atoms with Gasteiger partial charge in [0, 0.05) is 6.54 Å². The number of hydrogen-bond acceptors (Lipinski definition) is 4. The van der Waals surface area contributed by atoms with Crippen molar-refractivity contribution in [3.63, 3.8) is 0 Å². The SMILES string of the molecule is Oc1nc2cc(Cl)c(Cl)cc2n1-c1ccc(CNCC2CCNCC2)cc1. The van der Waals surface area contributed by atoms with E-state index in [4.69, 9.17) is 23.2 Å². The highest BCUT2D eigenvalue weighted by atomic mass is 35.5. The molecule has 27 heavy (non-hydrogen) atoms. The van der Waals surface area contributed by atoms with Gasteiger partial charge < -0.3 is 15.7 Å². The van der Waals surface area contributed by atoms with Gasteiger partial charge in [0.15, 0.2) is 0 Å². The van der Waals surface area contributed by atoms with E-state index in [2.05, 4.69) is 27.8 Å². The molecule has 2 aromatic carbocycles. The third kappa shape index (κ3) is 4.06. The molecule has 142 valence electrons. The van der Waals surface area contributed by atoms with Gasteiger partial charge in [-0.25, -0.2) is 0 Å². The van der Waals surface area contributed by atoms with Gasteiger partial charge >= 0.3 is 0 Å². The van der Waals surface area contributed by atoms with Gasteiger partial charge in [-0.2, -0.15) is 4.98 Å². The van der Waals surface area contributed by atoms with Crippen LogP contribution in [-0.4, -0.2) is 34.3 Å². The van der Waals surface area contributed by atoms with E-state index in [0.29, 0.717) is 15.6 Å². The van der Waals surface area contributed by atoms with Gasteiger partial charge in [0.25, 0.3) is 6.01 Å². The molecule has 7 heteroatoms. The van der Waals surface area contributed by atoms with Crippen LogP contribution in [0.25, 0.3) is 16.7 Å². The Balaban J connectivity index is 1.48. The Bertz CT molecular complexity index is 933. The highest BCUT2D eigenvalue weighted by molar-refractivity contribution is 6.42. The number of aromatic nitrogens is 2. The zero-order valence-electron chi connectivity index (χ0n) is 14.9. The summed E-state index contributed by atoms with van der Waals surface area (Å²) >= 11 is 12.2. The predicted octanol–water partition coefficient (Wildman–Crippen LogP) is 4.13. The Hall–Kier alpha value is -1.79. The van der Waals surface area contributed by atoms with E-state index >= 15 is 0 Å². The third-order valence-electron chi connectivity index (χ3n) is 5.09. The second-order valence-electron chi connectivity index (χ2n) is 6.99. The van der Waals surface area contributed by atoms with Gasteiger partial charge in [0.05, 0.1) is 26.8 Å². The molecule has 3 aromatic rings. The van der Waals surface area contributed by atoms with Crippen molar-refractivity contribution in [3.05, 3.63) is 52.0 Å². The number of hydrogen-bond donors (Lipinski definition) is 3. The van der Waals surface area contributed by atoms with E-state index < -0.39 is 0 Å².